The van der Waals surface area contributed by atoms with Crippen LogP contribution in [0.4, 0.5) is 13.2 Å². The van der Waals surface area contributed by atoms with Crippen molar-refractivity contribution in [2.24, 2.45) is 0 Å². The van der Waals surface area contributed by atoms with Crippen molar-refractivity contribution in [2.75, 3.05) is 7.05 Å². The zero-order chi connectivity index (χ0) is 9.28. The Balaban J connectivity index is 4.59. The van der Waals surface area contributed by atoms with E-state index in [0.717, 1.165) is 7.05 Å². The molecule has 0 heterocycles. The fourth-order valence-electron chi connectivity index (χ4n) is 0.372. The molecule has 3 nitrogen and oxygen atoms in total. The number of amides is 1. The predicted octanol–water partition coefficient (Wildman–Crippen LogP) is 0.0457. The summed E-state index contributed by atoms with van der Waals surface area (Å²) in [6.45, 7) is 0.395. The molecule has 0 saturated heterocycles. The first-order valence-electron chi connectivity index (χ1n) is 2.74. The number of nitrogens with one attached hydrogen (secondary N) is 1. The highest BCUT2D eigenvalue weighted by Gasteiger charge is 2.55. The lowest BCUT2D eigenvalue weighted by molar-refractivity contribution is -0.245. The van der Waals surface area contributed by atoms with Crippen LogP contribution in [0.1, 0.15) is 6.92 Å². The van der Waals surface area contributed by atoms with Gasteiger partial charge < -0.3 is 10.4 Å². The highest BCUT2D eigenvalue weighted by Crippen LogP contribution is 2.29. The van der Waals surface area contributed by atoms with Crippen LogP contribution in [0.2, 0.25) is 0 Å². The fraction of sp³-hybridized carbons (Fsp3) is 0.800. The summed E-state index contributed by atoms with van der Waals surface area (Å²) in [7, 11) is 1.02. The molecule has 0 aromatic heterocycles. The van der Waals surface area contributed by atoms with Gasteiger partial charge in [0.05, 0.1) is 0 Å². The Morgan fingerprint density at radius 2 is 1.82 bits per heavy atom. The van der Waals surface area contributed by atoms with Gasteiger partial charge in [-0.2, -0.15) is 13.2 Å². The minimum atomic E-state index is -4.94. The van der Waals surface area contributed by atoms with Gasteiger partial charge in [-0.25, -0.2) is 0 Å². The number of likely N-dealkylation sites (N-methyl/N-ethyl adjacent to an activating group) is 1. The standard InChI is InChI=1S/C5H8F3NO2/c1-4(11,3(10)9-2)5(6,7)8/h11H,1-2H3,(H,9,10). The number of carbonyl (C=O) groups is 1. The monoisotopic (exact) mass is 171 g/mol. The molecule has 0 aromatic rings. The van der Waals surface area contributed by atoms with E-state index in [0.29, 0.717) is 6.92 Å². The summed E-state index contributed by atoms with van der Waals surface area (Å²) < 4.78 is 35.3. The minimum Gasteiger partial charge on any atom is -0.373 e. The summed E-state index contributed by atoms with van der Waals surface area (Å²) in [5, 5.41) is 10.3. The van der Waals surface area contributed by atoms with Gasteiger partial charge in [0.25, 0.3) is 5.91 Å². The van der Waals surface area contributed by atoms with Gasteiger partial charge in [0, 0.05) is 7.05 Å². The van der Waals surface area contributed by atoms with E-state index >= 15 is 0 Å². The van der Waals surface area contributed by atoms with Crippen LogP contribution < -0.4 is 5.32 Å². The molecule has 0 radical (unpaired) electrons. The second kappa shape index (κ2) is 2.69. The SMILES string of the molecule is CNC(=O)C(C)(O)C(F)(F)F. The van der Waals surface area contributed by atoms with Gasteiger partial charge in [-0.3, -0.25) is 4.79 Å². The van der Waals surface area contributed by atoms with E-state index in [-0.39, 0.29) is 0 Å². The number of halogens is 3. The number of aliphatic hydroxyl groups is 1. The Morgan fingerprint density at radius 3 is 1.91 bits per heavy atom. The van der Waals surface area contributed by atoms with E-state index in [1.54, 1.807) is 5.32 Å². The van der Waals surface area contributed by atoms with Crippen molar-refractivity contribution < 1.29 is 23.1 Å². The van der Waals surface area contributed by atoms with Crippen LogP contribution in [-0.4, -0.2) is 29.8 Å². The van der Waals surface area contributed by atoms with Gasteiger partial charge in [0.2, 0.25) is 5.60 Å². The molecule has 0 aliphatic heterocycles. The first kappa shape index (κ1) is 10.2. The summed E-state index contributed by atoms with van der Waals surface area (Å²) in [6, 6.07) is 0. The van der Waals surface area contributed by atoms with Crippen LogP contribution in [0.25, 0.3) is 0 Å². The van der Waals surface area contributed by atoms with Crippen LogP contribution in [0, 0.1) is 0 Å². The predicted molar refractivity (Wildman–Crippen MR) is 30.7 cm³/mol. The first-order chi connectivity index (χ1) is 4.73. The quantitative estimate of drug-likeness (QED) is 0.585. The maximum Gasteiger partial charge on any atom is 0.426 e. The van der Waals surface area contributed by atoms with Crippen LogP contribution in [0.5, 0.6) is 0 Å². The Labute approximate surface area is 61.2 Å². The lowest BCUT2D eigenvalue weighted by atomic mass is 10.1. The van der Waals surface area contributed by atoms with Gasteiger partial charge in [0.1, 0.15) is 0 Å². The second-order valence-electron chi connectivity index (χ2n) is 2.15. The van der Waals surface area contributed by atoms with Crippen LogP contribution in [0.15, 0.2) is 0 Å². The molecule has 1 amide bonds. The highest BCUT2D eigenvalue weighted by molar-refractivity contribution is 5.85. The molecule has 66 valence electrons. The van der Waals surface area contributed by atoms with Gasteiger partial charge in [-0.15, -0.1) is 0 Å². The molecule has 0 aromatic carbocycles. The zero-order valence-electron chi connectivity index (χ0n) is 5.99. The Kier molecular flexibility index (Phi) is 2.50. The molecular weight excluding hydrogens is 163 g/mol. The smallest absolute Gasteiger partial charge is 0.373 e. The highest BCUT2D eigenvalue weighted by atomic mass is 19.4. The van der Waals surface area contributed by atoms with Crippen LogP contribution >= 0.6 is 0 Å². The van der Waals surface area contributed by atoms with Gasteiger partial charge in [-0.05, 0) is 6.92 Å². The minimum absolute atomic E-state index is 0.395. The lowest BCUT2D eigenvalue weighted by Gasteiger charge is -2.23. The molecule has 6 heteroatoms. The molecule has 1 atom stereocenters. The number of alkyl halides is 3. The van der Waals surface area contributed by atoms with E-state index in [1.807, 2.05) is 0 Å². The van der Waals surface area contributed by atoms with Gasteiger partial charge in [0.15, 0.2) is 0 Å². The zero-order valence-corrected chi connectivity index (χ0v) is 5.99. The molecule has 1 unspecified atom stereocenters. The molecule has 2 N–H and O–H groups in total. The molecule has 0 spiro atoms. The van der Waals surface area contributed by atoms with Gasteiger partial charge >= 0.3 is 6.18 Å². The number of carbonyl (C=O) groups excluding carboxylic acids is 1. The largest absolute Gasteiger partial charge is 0.426 e. The average Bonchev–Trinajstić information content (AvgIpc) is 1.83. The summed E-state index contributed by atoms with van der Waals surface area (Å²) in [5.74, 6) is -1.47. The fourth-order valence-corrected chi connectivity index (χ4v) is 0.372. The van der Waals surface area contributed by atoms with Crippen molar-refractivity contribution in [2.45, 2.75) is 18.7 Å². The van der Waals surface area contributed by atoms with Crippen molar-refractivity contribution in [1.82, 2.24) is 5.32 Å². The molecule has 0 fully saturated rings. The molecule has 0 aliphatic carbocycles. The summed E-state index contributed by atoms with van der Waals surface area (Å²) >= 11 is 0. The van der Waals surface area contributed by atoms with Crippen LogP contribution in [0.3, 0.4) is 0 Å². The van der Waals surface area contributed by atoms with Gasteiger partial charge in [-0.1, -0.05) is 0 Å². The summed E-state index contributed by atoms with van der Waals surface area (Å²) in [5.41, 5.74) is -3.30. The van der Waals surface area contributed by atoms with E-state index < -0.39 is 17.7 Å². The number of hydrogen-bond acceptors (Lipinski definition) is 2. The molecule has 11 heavy (non-hydrogen) atoms. The Hall–Kier alpha value is -0.780. The van der Waals surface area contributed by atoms with E-state index in [4.69, 9.17) is 5.11 Å². The topological polar surface area (TPSA) is 49.3 Å². The maximum atomic E-state index is 11.8. The molecule has 0 rings (SSSR count). The van der Waals surface area contributed by atoms with Crippen molar-refractivity contribution in [3.63, 3.8) is 0 Å². The number of hydrogen-bond donors (Lipinski definition) is 2. The van der Waals surface area contributed by atoms with Crippen molar-refractivity contribution in [3.8, 4) is 0 Å². The van der Waals surface area contributed by atoms with Crippen molar-refractivity contribution in [1.29, 1.82) is 0 Å². The third-order valence-electron chi connectivity index (χ3n) is 1.22. The van der Waals surface area contributed by atoms with E-state index in [2.05, 4.69) is 0 Å². The molecule has 0 saturated carbocycles. The maximum absolute atomic E-state index is 11.8. The van der Waals surface area contributed by atoms with Crippen molar-refractivity contribution >= 4 is 5.91 Å². The van der Waals surface area contributed by atoms with E-state index in [1.165, 1.54) is 0 Å². The second-order valence-corrected chi connectivity index (χ2v) is 2.15. The third kappa shape index (κ3) is 1.83. The Morgan fingerprint density at radius 1 is 1.45 bits per heavy atom. The normalized spacial score (nSPS) is 17.3. The molecule has 0 aliphatic rings. The number of rotatable bonds is 1. The Bertz CT molecular complexity index is 164. The van der Waals surface area contributed by atoms with Crippen LogP contribution in [-0.2, 0) is 4.79 Å². The summed E-state index contributed by atoms with van der Waals surface area (Å²) in [6.07, 6.45) is -4.94. The third-order valence-corrected chi connectivity index (χ3v) is 1.22. The van der Waals surface area contributed by atoms with E-state index in [9.17, 15) is 18.0 Å². The summed E-state index contributed by atoms with van der Waals surface area (Å²) in [4.78, 5) is 10.4. The molecular formula is C5H8F3NO2. The average molecular weight is 171 g/mol. The first-order valence-corrected chi connectivity index (χ1v) is 2.74. The lowest BCUT2D eigenvalue weighted by Crippen LogP contribution is -2.53. The molecule has 0 bridgehead atoms. The van der Waals surface area contributed by atoms with Crippen molar-refractivity contribution in [3.05, 3.63) is 0 Å².